The molecule has 2 N–H and O–H groups in total. The van der Waals surface area contributed by atoms with E-state index in [9.17, 15) is 0 Å². The van der Waals surface area contributed by atoms with Crippen molar-refractivity contribution in [2.24, 2.45) is 0 Å². The van der Waals surface area contributed by atoms with Gasteiger partial charge in [-0.1, -0.05) is 12.1 Å². The zero-order chi connectivity index (χ0) is 9.26. The van der Waals surface area contributed by atoms with Gasteiger partial charge in [-0.2, -0.15) is 0 Å². The summed E-state index contributed by atoms with van der Waals surface area (Å²) in [5, 5.41) is 17.9. The van der Waals surface area contributed by atoms with Crippen molar-refractivity contribution >= 4 is 18.3 Å². The van der Waals surface area contributed by atoms with Gasteiger partial charge in [0.15, 0.2) is 0 Å². The van der Waals surface area contributed by atoms with E-state index in [1.807, 2.05) is 12.1 Å². The number of rotatable bonds is 2. The van der Waals surface area contributed by atoms with Gasteiger partial charge >= 0.3 is 7.32 Å². The highest BCUT2D eigenvalue weighted by Gasteiger charge is 2.14. The molecule has 1 aromatic carbocycles. The van der Waals surface area contributed by atoms with Crippen LogP contribution in [0.15, 0.2) is 34.9 Å². The predicted octanol–water partition coefficient (Wildman–Crippen LogP) is 0.781. The van der Waals surface area contributed by atoms with Crippen molar-refractivity contribution in [1.29, 1.82) is 0 Å². The summed E-state index contributed by atoms with van der Waals surface area (Å²) in [4.78, 5) is 0. The van der Waals surface area contributed by atoms with Crippen LogP contribution in [0.1, 0.15) is 0 Å². The minimum Gasteiger partial charge on any atom is -0.509 e. The van der Waals surface area contributed by atoms with Crippen molar-refractivity contribution in [2.75, 3.05) is 0 Å². The van der Waals surface area contributed by atoms with E-state index in [1.165, 1.54) is 6.26 Å². The van der Waals surface area contributed by atoms with Gasteiger partial charge in [0.2, 0.25) is 0 Å². The molecule has 0 radical (unpaired) electrons. The second-order valence-electron chi connectivity index (χ2n) is 2.54. The van der Waals surface area contributed by atoms with Crippen LogP contribution in [-0.2, 0) is 0 Å². The van der Waals surface area contributed by atoms with Gasteiger partial charge in [-0.3, -0.25) is 0 Å². The Morgan fingerprint density at radius 1 is 1.23 bits per heavy atom. The van der Waals surface area contributed by atoms with E-state index in [4.69, 9.17) is 14.5 Å². The molecule has 66 valence electrons. The Bertz CT molecular complexity index is 409. The van der Waals surface area contributed by atoms with Gasteiger partial charge in [0.1, 0.15) is 17.6 Å². The number of furan rings is 1. The number of para-hydroxylation sites is 1. The highest BCUT2D eigenvalue weighted by Crippen LogP contribution is 2.27. The van der Waals surface area contributed by atoms with Crippen molar-refractivity contribution in [3.8, 4) is 5.75 Å². The highest BCUT2D eigenvalue weighted by molar-refractivity contribution is 6.34. The summed E-state index contributed by atoms with van der Waals surface area (Å²) in [6.07, 6.45) is 1.34. The Balaban J connectivity index is 2.46. The number of fused-ring (bicyclic) bond motifs is 1. The average Bonchev–Trinajstić information content (AvgIpc) is 2.48. The molecule has 0 saturated carbocycles. The first-order valence-corrected chi connectivity index (χ1v) is 3.76. The molecule has 0 aliphatic heterocycles. The summed E-state index contributed by atoms with van der Waals surface area (Å²) in [6.45, 7) is 0. The number of hydrogen-bond donors (Lipinski definition) is 2. The molecule has 0 amide bonds. The number of hydrogen-bond acceptors (Lipinski definition) is 4. The summed E-state index contributed by atoms with van der Waals surface area (Å²) in [7, 11) is -1.82. The molecule has 0 unspecified atom stereocenters. The molecule has 0 spiro atoms. The van der Waals surface area contributed by atoms with E-state index in [1.54, 1.807) is 12.1 Å². The summed E-state index contributed by atoms with van der Waals surface area (Å²) in [5.74, 6) is 0.325. The first-order valence-electron chi connectivity index (χ1n) is 3.76. The average molecular weight is 178 g/mol. The summed E-state index contributed by atoms with van der Waals surface area (Å²) >= 11 is 0. The molecule has 0 aliphatic rings. The fraction of sp³-hybridized carbons (Fsp3) is 0. The molecule has 2 aromatic rings. The molecule has 0 bridgehead atoms. The Kier molecular flexibility index (Phi) is 1.96. The zero-order valence-electron chi connectivity index (χ0n) is 6.68. The molecule has 0 saturated heterocycles. The van der Waals surface area contributed by atoms with Crippen LogP contribution < -0.4 is 4.65 Å². The lowest BCUT2D eigenvalue weighted by molar-refractivity contribution is 0.288. The highest BCUT2D eigenvalue weighted by atomic mass is 16.6. The van der Waals surface area contributed by atoms with Gasteiger partial charge in [-0.15, -0.1) is 0 Å². The van der Waals surface area contributed by atoms with Crippen molar-refractivity contribution in [1.82, 2.24) is 0 Å². The summed E-state index contributed by atoms with van der Waals surface area (Å²) < 4.78 is 9.79. The maximum absolute atomic E-state index is 8.58. The van der Waals surface area contributed by atoms with E-state index in [0.29, 0.717) is 11.3 Å². The first-order chi connectivity index (χ1) is 6.27. The van der Waals surface area contributed by atoms with Crippen LogP contribution in [0.2, 0.25) is 0 Å². The second-order valence-corrected chi connectivity index (χ2v) is 2.54. The predicted molar refractivity (Wildman–Crippen MR) is 47.0 cm³/mol. The topological polar surface area (TPSA) is 62.8 Å². The molecule has 1 aromatic heterocycles. The molecule has 0 fully saturated rings. The SMILES string of the molecule is OB(O)Oc1coc2ccccc12. The monoisotopic (exact) mass is 178 g/mol. The largest absolute Gasteiger partial charge is 0.707 e. The van der Waals surface area contributed by atoms with Crippen LogP contribution in [0.3, 0.4) is 0 Å². The van der Waals surface area contributed by atoms with Crippen molar-refractivity contribution < 1.29 is 19.1 Å². The van der Waals surface area contributed by atoms with Crippen LogP contribution in [0, 0.1) is 0 Å². The van der Waals surface area contributed by atoms with Gasteiger partial charge in [-0.05, 0) is 12.1 Å². The van der Waals surface area contributed by atoms with Crippen LogP contribution >= 0.6 is 0 Å². The molecular formula is C8H7BO4. The normalized spacial score (nSPS) is 10.3. The Hall–Kier alpha value is -1.46. The zero-order valence-corrected chi connectivity index (χ0v) is 6.68. The number of benzene rings is 1. The molecular weight excluding hydrogens is 171 g/mol. The minimum atomic E-state index is -1.82. The lowest BCUT2D eigenvalue weighted by Gasteiger charge is -1.99. The molecule has 0 aliphatic carbocycles. The van der Waals surface area contributed by atoms with Gasteiger partial charge in [0.25, 0.3) is 0 Å². The lowest BCUT2D eigenvalue weighted by Crippen LogP contribution is -2.20. The van der Waals surface area contributed by atoms with Crippen molar-refractivity contribution in [3.63, 3.8) is 0 Å². The molecule has 5 heteroatoms. The standard InChI is InChI=1S/C8H7BO4/c10-9(11)13-8-5-12-7-4-2-1-3-6(7)8/h1-5,10-11H. The molecule has 1 heterocycles. The van der Waals surface area contributed by atoms with E-state index in [2.05, 4.69) is 4.65 Å². The third-order valence-electron chi connectivity index (χ3n) is 1.68. The van der Waals surface area contributed by atoms with Crippen molar-refractivity contribution in [2.45, 2.75) is 0 Å². The fourth-order valence-electron chi connectivity index (χ4n) is 1.16. The van der Waals surface area contributed by atoms with E-state index in [-0.39, 0.29) is 0 Å². The van der Waals surface area contributed by atoms with Crippen LogP contribution in [-0.4, -0.2) is 17.4 Å². The second kappa shape index (κ2) is 3.12. The van der Waals surface area contributed by atoms with Crippen LogP contribution in [0.4, 0.5) is 0 Å². The van der Waals surface area contributed by atoms with Gasteiger partial charge in [0, 0.05) is 0 Å². The maximum Gasteiger partial charge on any atom is 0.707 e. The van der Waals surface area contributed by atoms with E-state index < -0.39 is 7.32 Å². The Morgan fingerprint density at radius 3 is 2.77 bits per heavy atom. The molecule has 13 heavy (non-hydrogen) atoms. The smallest absolute Gasteiger partial charge is 0.509 e. The Labute approximate surface area is 74.5 Å². The van der Waals surface area contributed by atoms with Crippen molar-refractivity contribution in [3.05, 3.63) is 30.5 Å². The summed E-state index contributed by atoms with van der Waals surface area (Å²) in [5.41, 5.74) is 0.651. The van der Waals surface area contributed by atoms with Crippen LogP contribution in [0.25, 0.3) is 11.0 Å². The fourth-order valence-corrected chi connectivity index (χ4v) is 1.16. The minimum absolute atomic E-state index is 0.325. The van der Waals surface area contributed by atoms with Gasteiger partial charge in [-0.25, -0.2) is 0 Å². The first kappa shape index (κ1) is 8.16. The van der Waals surface area contributed by atoms with E-state index >= 15 is 0 Å². The summed E-state index contributed by atoms with van der Waals surface area (Å²) in [6, 6.07) is 7.18. The quantitative estimate of drug-likeness (QED) is 0.667. The van der Waals surface area contributed by atoms with Gasteiger partial charge < -0.3 is 19.1 Å². The molecule has 2 rings (SSSR count). The Morgan fingerprint density at radius 2 is 2.00 bits per heavy atom. The molecule has 4 nitrogen and oxygen atoms in total. The maximum atomic E-state index is 8.58. The van der Waals surface area contributed by atoms with E-state index in [0.717, 1.165) is 5.39 Å². The third-order valence-corrected chi connectivity index (χ3v) is 1.68. The molecule has 0 atom stereocenters. The van der Waals surface area contributed by atoms with Gasteiger partial charge in [0.05, 0.1) is 5.39 Å². The third kappa shape index (κ3) is 1.51. The lowest BCUT2D eigenvalue weighted by atomic mass is 10.2. The van der Waals surface area contributed by atoms with Crippen LogP contribution in [0.5, 0.6) is 5.75 Å².